The van der Waals surface area contributed by atoms with Gasteiger partial charge >= 0.3 is 12.0 Å². The van der Waals surface area contributed by atoms with Gasteiger partial charge in [0.05, 0.1) is 0 Å². The lowest BCUT2D eigenvalue weighted by Crippen LogP contribution is -2.50. The number of carbonyl (C=O) groups is 2. The van der Waals surface area contributed by atoms with Crippen LogP contribution in [0.15, 0.2) is 0 Å². The third-order valence-electron chi connectivity index (χ3n) is 3.60. The van der Waals surface area contributed by atoms with Crippen molar-refractivity contribution in [3.63, 3.8) is 0 Å². The fourth-order valence-electron chi connectivity index (χ4n) is 2.31. The van der Waals surface area contributed by atoms with Crippen LogP contribution >= 0.6 is 0 Å². The summed E-state index contributed by atoms with van der Waals surface area (Å²) >= 11 is 0. The molecule has 0 bridgehead atoms. The van der Waals surface area contributed by atoms with Crippen molar-refractivity contribution in [3.8, 4) is 0 Å². The molecule has 2 fully saturated rings. The van der Waals surface area contributed by atoms with E-state index in [4.69, 9.17) is 5.11 Å². The van der Waals surface area contributed by atoms with E-state index in [1.807, 2.05) is 0 Å². The third-order valence-corrected chi connectivity index (χ3v) is 3.60. The Morgan fingerprint density at radius 2 is 1.89 bits per heavy atom. The van der Waals surface area contributed by atoms with Crippen LogP contribution in [0.2, 0.25) is 0 Å². The van der Waals surface area contributed by atoms with E-state index in [0.29, 0.717) is 0 Å². The first-order valence-electron chi connectivity index (χ1n) is 6.53. The number of piperidine rings is 1. The van der Waals surface area contributed by atoms with Crippen LogP contribution in [-0.2, 0) is 4.79 Å². The molecule has 102 valence electrons. The van der Waals surface area contributed by atoms with E-state index < -0.39 is 5.97 Å². The number of carbonyl (C=O) groups excluding carboxylic acids is 1. The molecule has 6 heteroatoms. The zero-order chi connectivity index (χ0) is 13.1. The van der Waals surface area contributed by atoms with Crippen LogP contribution in [0.25, 0.3) is 0 Å². The number of nitrogens with zero attached hydrogens (tertiary/aromatic N) is 2. The molecule has 1 saturated heterocycles. The van der Waals surface area contributed by atoms with Crippen molar-refractivity contribution in [1.29, 1.82) is 0 Å². The predicted octanol–water partition coefficient (Wildman–Crippen LogP) is 0.339. The maximum atomic E-state index is 12.0. The van der Waals surface area contributed by atoms with Gasteiger partial charge in [-0.25, -0.2) is 4.79 Å². The zero-order valence-electron chi connectivity index (χ0n) is 10.8. The topological polar surface area (TPSA) is 72.9 Å². The summed E-state index contributed by atoms with van der Waals surface area (Å²) in [6, 6.07) is 0.102. The largest absolute Gasteiger partial charge is 0.480 e. The monoisotopic (exact) mass is 255 g/mol. The van der Waals surface area contributed by atoms with E-state index in [-0.39, 0.29) is 24.7 Å². The smallest absolute Gasteiger partial charge is 0.323 e. The Hall–Kier alpha value is -1.30. The first-order valence-corrected chi connectivity index (χ1v) is 6.53. The maximum Gasteiger partial charge on any atom is 0.323 e. The van der Waals surface area contributed by atoms with Gasteiger partial charge in [0.2, 0.25) is 0 Å². The summed E-state index contributed by atoms with van der Waals surface area (Å²) < 4.78 is 0. The van der Waals surface area contributed by atoms with Crippen molar-refractivity contribution in [2.45, 2.75) is 37.8 Å². The molecular weight excluding hydrogens is 234 g/mol. The lowest BCUT2D eigenvalue weighted by atomic mass is 10.1. The molecule has 2 amide bonds. The number of urea groups is 1. The van der Waals surface area contributed by atoms with Gasteiger partial charge in [-0.15, -0.1) is 0 Å². The highest BCUT2D eigenvalue weighted by atomic mass is 16.4. The molecule has 18 heavy (non-hydrogen) atoms. The lowest BCUT2D eigenvalue weighted by Gasteiger charge is -2.31. The van der Waals surface area contributed by atoms with Gasteiger partial charge < -0.3 is 20.2 Å². The Morgan fingerprint density at radius 1 is 1.28 bits per heavy atom. The molecule has 0 unspecified atom stereocenters. The maximum absolute atomic E-state index is 12.0. The molecule has 0 aromatic heterocycles. The first-order chi connectivity index (χ1) is 8.56. The number of aliphatic carboxylic acids is 1. The summed E-state index contributed by atoms with van der Waals surface area (Å²) in [6.07, 6.45) is 3.73. The predicted molar refractivity (Wildman–Crippen MR) is 66.4 cm³/mol. The summed E-state index contributed by atoms with van der Waals surface area (Å²) in [5.74, 6) is -0.944. The molecule has 2 N–H and O–H groups in total. The van der Waals surface area contributed by atoms with Gasteiger partial charge in [-0.2, -0.15) is 0 Å². The average molecular weight is 255 g/mol. The fourth-order valence-corrected chi connectivity index (χ4v) is 2.31. The van der Waals surface area contributed by atoms with Gasteiger partial charge in [0.15, 0.2) is 0 Å². The number of carboxylic acids is 1. The Morgan fingerprint density at radius 3 is 2.39 bits per heavy atom. The Labute approximate surface area is 107 Å². The van der Waals surface area contributed by atoms with Crippen molar-refractivity contribution >= 4 is 12.0 Å². The fraction of sp³-hybridized carbons (Fsp3) is 0.833. The van der Waals surface area contributed by atoms with Crippen LogP contribution in [0, 0.1) is 0 Å². The number of hydrogen-bond acceptors (Lipinski definition) is 3. The van der Waals surface area contributed by atoms with E-state index in [0.717, 1.165) is 38.8 Å². The summed E-state index contributed by atoms with van der Waals surface area (Å²) in [7, 11) is 2.07. The lowest BCUT2D eigenvalue weighted by molar-refractivity contribution is -0.137. The number of amides is 2. The van der Waals surface area contributed by atoms with Crippen LogP contribution in [0.4, 0.5) is 4.79 Å². The molecule has 1 aliphatic carbocycles. The molecule has 6 nitrogen and oxygen atoms in total. The molecule has 2 rings (SSSR count). The molecule has 1 heterocycles. The molecular formula is C12H21N3O3. The van der Waals surface area contributed by atoms with Gasteiger partial charge in [-0.05, 0) is 45.8 Å². The molecule has 0 spiro atoms. The molecule has 1 aliphatic heterocycles. The van der Waals surface area contributed by atoms with Crippen molar-refractivity contribution in [3.05, 3.63) is 0 Å². The second kappa shape index (κ2) is 5.56. The van der Waals surface area contributed by atoms with E-state index in [1.165, 1.54) is 4.90 Å². The highest BCUT2D eigenvalue weighted by Gasteiger charge is 2.34. The highest BCUT2D eigenvalue weighted by Crippen LogP contribution is 2.26. The van der Waals surface area contributed by atoms with Gasteiger partial charge in [-0.3, -0.25) is 4.79 Å². The van der Waals surface area contributed by atoms with Crippen LogP contribution < -0.4 is 5.32 Å². The van der Waals surface area contributed by atoms with E-state index in [9.17, 15) is 9.59 Å². The molecule has 2 aliphatic rings. The van der Waals surface area contributed by atoms with Crippen molar-refractivity contribution in [2.24, 2.45) is 0 Å². The minimum Gasteiger partial charge on any atom is -0.480 e. The Kier molecular flexibility index (Phi) is 4.06. The van der Waals surface area contributed by atoms with Crippen LogP contribution in [-0.4, -0.2) is 65.7 Å². The average Bonchev–Trinajstić information content (AvgIpc) is 3.12. The van der Waals surface area contributed by atoms with Crippen molar-refractivity contribution in [2.75, 3.05) is 26.7 Å². The minimum atomic E-state index is -0.944. The number of nitrogens with one attached hydrogen (secondary N) is 1. The third kappa shape index (κ3) is 3.60. The zero-order valence-corrected chi connectivity index (χ0v) is 10.8. The number of hydrogen-bond donors (Lipinski definition) is 2. The second-order valence-electron chi connectivity index (χ2n) is 5.28. The molecule has 1 saturated carbocycles. The minimum absolute atomic E-state index is 0.132. The Bertz CT molecular complexity index is 323. The normalized spacial score (nSPS) is 21.6. The molecule has 0 aromatic carbocycles. The van der Waals surface area contributed by atoms with Crippen LogP contribution in [0.3, 0.4) is 0 Å². The second-order valence-corrected chi connectivity index (χ2v) is 5.28. The van der Waals surface area contributed by atoms with E-state index in [1.54, 1.807) is 0 Å². The number of likely N-dealkylation sites (tertiary alicyclic amines) is 1. The van der Waals surface area contributed by atoms with Crippen molar-refractivity contribution < 1.29 is 14.7 Å². The number of carboxylic acid groups (broad SMARTS) is 1. The van der Waals surface area contributed by atoms with Crippen molar-refractivity contribution in [1.82, 2.24) is 15.1 Å². The van der Waals surface area contributed by atoms with E-state index in [2.05, 4.69) is 17.3 Å². The highest BCUT2D eigenvalue weighted by molar-refractivity contribution is 5.80. The van der Waals surface area contributed by atoms with Gasteiger partial charge in [0.1, 0.15) is 6.54 Å². The standard InChI is InChI=1S/C12H21N3O3/c1-14-6-4-9(5-7-14)13-12(18)15(8-11(16)17)10-2-3-10/h9-10H,2-8H2,1H3,(H,13,18)(H,16,17). The molecule has 0 radical (unpaired) electrons. The SMILES string of the molecule is CN1CCC(NC(=O)N(CC(=O)O)C2CC2)CC1. The van der Waals surface area contributed by atoms with Gasteiger partial charge in [0, 0.05) is 12.1 Å². The molecule has 0 atom stereocenters. The molecule has 0 aromatic rings. The summed E-state index contributed by atoms with van der Waals surface area (Å²) in [6.45, 7) is 1.77. The summed E-state index contributed by atoms with van der Waals surface area (Å²) in [5.41, 5.74) is 0. The quantitative estimate of drug-likeness (QED) is 0.760. The van der Waals surface area contributed by atoms with Gasteiger partial charge in [0.25, 0.3) is 0 Å². The van der Waals surface area contributed by atoms with Crippen LogP contribution in [0.5, 0.6) is 0 Å². The first kappa shape index (κ1) is 13.1. The summed E-state index contributed by atoms with van der Waals surface area (Å²) in [5, 5.41) is 11.8. The van der Waals surface area contributed by atoms with Crippen LogP contribution in [0.1, 0.15) is 25.7 Å². The summed E-state index contributed by atoms with van der Waals surface area (Å²) in [4.78, 5) is 26.5. The van der Waals surface area contributed by atoms with E-state index >= 15 is 0 Å². The Balaban J connectivity index is 1.83. The number of rotatable bonds is 4. The van der Waals surface area contributed by atoms with Gasteiger partial charge in [-0.1, -0.05) is 0 Å².